The summed E-state index contributed by atoms with van der Waals surface area (Å²) >= 11 is 0. The predicted molar refractivity (Wildman–Crippen MR) is 138 cm³/mol. The van der Waals surface area contributed by atoms with Crippen LogP contribution in [0.2, 0.25) is 0 Å². The summed E-state index contributed by atoms with van der Waals surface area (Å²) in [6.45, 7) is 3.27. The lowest BCUT2D eigenvalue weighted by Gasteiger charge is -2.43. The van der Waals surface area contributed by atoms with Crippen LogP contribution in [-0.4, -0.2) is 18.9 Å². The van der Waals surface area contributed by atoms with Gasteiger partial charge in [-0.05, 0) is 132 Å². The number of rotatable bonds is 8. The third-order valence-electron chi connectivity index (χ3n) is 10.6. The molecular formula is C31H50F4O. The summed E-state index contributed by atoms with van der Waals surface area (Å²) in [5.74, 6) is 3.13. The van der Waals surface area contributed by atoms with Crippen LogP contribution < -0.4 is 0 Å². The number of hydrogen-bond donors (Lipinski definition) is 0. The van der Waals surface area contributed by atoms with Crippen molar-refractivity contribution in [2.45, 2.75) is 135 Å². The monoisotopic (exact) mass is 514 g/mol. The fraction of sp³-hybridized carbons (Fsp3) is 0.935. The lowest BCUT2D eigenvalue weighted by atomic mass is 9.64. The van der Waals surface area contributed by atoms with Crippen LogP contribution in [0, 0.1) is 41.4 Å². The van der Waals surface area contributed by atoms with Gasteiger partial charge in [-0.3, -0.25) is 0 Å². The maximum atomic E-state index is 14.0. The molecule has 0 aromatic heterocycles. The molecule has 5 heteroatoms. The quantitative estimate of drug-likeness (QED) is 0.231. The molecule has 4 fully saturated rings. The van der Waals surface area contributed by atoms with Crippen LogP contribution in [0.4, 0.5) is 17.6 Å². The van der Waals surface area contributed by atoms with E-state index < -0.39 is 17.9 Å². The number of alkyl halides is 3. The van der Waals surface area contributed by atoms with E-state index >= 15 is 0 Å². The number of unbranched alkanes of at least 4 members (excludes halogenated alkanes) is 2. The summed E-state index contributed by atoms with van der Waals surface area (Å²) in [6, 6.07) is 0. The van der Waals surface area contributed by atoms with Crippen LogP contribution in [0.1, 0.15) is 122 Å². The molecule has 2 unspecified atom stereocenters. The molecule has 1 nitrogen and oxygen atoms in total. The molecule has 0 amide bonds. The van der Waals surface area contributed by atoms with E-state index in [0.717, 1.165) is 43.1 Å². The maximum Gasteiger partial charge on any atom is 0.412 e. The predicted octanol–water partition coefficient (Wildman–Crippen LogP) is 10.2. The molecule has 0 aromatic rings. The minimum Gasteiger partial charge on any atom is -0.378 e. The van der Waals surface area contributed by atoms with Gasteiger partial charge in [0.05, 0.1) is 12.2 Å². The molecule has 0 N–H and O–H groups in total. The van der Waals surface area contributed by atoms with Crippen molar-refractivity contribution in [2.24, 2.45) is 41.4 Å². The Morgan fingerprint density at radius 2 is 1.19 bits per heavy atom. The van der Waals surface area contributed by atoms with Crippen molar-refractivity contribution >= 4 is 0 Å². The Morgan fingerprint density at radius 3 is 1.64 bits per heavy atom. The van der Waals surface area contributed by atoms with Gasteiger partial charge in [-0.1, -0.05) is 26.2 Å². The topological polar surface area (TPSA) is 9.23 Å². The summed E-state index contributed by atoms with van der Waals surface area (Å²) in [4.78, 5) is 0. The van der Waals surface area contributed by atoms with Crippen molar-refractivity contribution in [3.63, 3.8) is 0 Å². The Labute approximate surface area is 217 Å². The van der Waals surface area contributed by atoms with Gasteiger partial charge < -0.3 is 4.74 Å². The molecule has 1 aliphatic heterocycles. The van der Waals surface area contributed by atoms with Crippen LogP contribution >= 0.6 is 0 Å². The first-order valence-corrected chi connectivity index (χ1v) is 15.4. The average molecular weight is 515 g/mol. The maximum absolute atomic E-state index is 14.0. The number of halogens is 4. The second-order valence-electron chi connectivity index (χ2n) is 12.8. The third kappa shape index (κ3) is 8.21. The normalized spacial score (nSPS) is 39.2. The highest BCUT2D eigenvalue weighted by Crippen LogP contribution is 2.47. The van der Waals surface area contributed by atoms with Crippen molar-refractivity contribution in [2.75, 3.05) is 6.61 Å². The van der Waals surface area contributed by atoms with Gasteiger partial charge in [0.1, 0.15) is 5.83 Å². The van der Waals surface area contributed by atoms with E-state index in [4.69, 9.17) is 4.74 Å². The van der Waals surface area contributed by atoms with Gasteiger partial charge in [0, 0.05) is 12.5 Å². The molecule has 0 spiro atoms. The van der Waals surface area contributed by atoms with Crippen LogP contribution in [0.3, 0.4) is 0 Å². The number of allylic oxidation sites excluding steroid dienone is 2. The highest BCUT2D eigenvalue weighted by atomic mass is 19.4. The Hall–Kier alpha value is -0.580. The third-order valence-corrected chi connectivity index (χ3v) is 10.6. The van der Waals surface area contributed by atoms with Crippen molar-refractivity contribution in [1.29, 1.82) is 0 Å². The average Bonchev–Trinajstić information content (AvgIpc) is 2.89. The highest BCUT2D eigenvalue weighted by Gasteiger charge is 2.38. The van der Waals surface area contributed by atoms with E-state index in [2.05, 4.69) is 6.92 Å². The summed E-state index contributed by atoms with van der Waals surface area (Å²) in [5.41, 5.74) is 0. The molecule has 1 saturated heterocycles. The molecule has 4 aliphatic rings. The molecule has 4 rings (SSSR count). The first-order chi connectivity index (χ1) is 17.3. The Kier molecular flexibility index (Phi) is 10.6. The zero-order valence-electron chi connectivity index (χ0n) is 22.6. The molecular weight excluding hydrogens is 464 g/mol. The van der Waals surface area contributed by atoms with Crippen LogP contribution in [0.5, 0.6) is 0 Å². The van der Waals surface area contributed by atoms with Gasteiger partial charge in [-0.25, -0.2) is 4.39 Å². The fourth-order valence-electron chi connectivity index (χ4n) is 8.33. The van der Waals surface area contributed by atoms with Crippen molar-refractivity contribution in [3.05, 3.63) is 11.9 Å². The zero-order valence-corrected chi connectivity index (χ0v) is 22.6. The van der Waals surface area contributed by atoms with Crippen molar-refractivity contribution in [3.8, 4) is 0 Å². The SMILES string of the molecule is CCCCCC1CCC(C2CCC(C3CCC(C4CCC(C(F)=CC(F)(F)F)CC4)CC3)CC2)OC1. The van der Waals surface area contributed by atoms with E-state index in [-0.39, 0.29) is 6.08 Å². The Bertz CT molecular complexity index is 657. The second-order valence-corrected chi connectivity index (χ2v) is 12.8. The molecule has 1 heterocycles. The van der Waals surface area contributed by atoms with E-state index in [0.29, 0.717) is 30.8 Å². The molecule has 208 valence electrons. The number of hydrogen-bond acceptors (Lipinski definition) is 1. The molecule has 0 bridgehead atoms. The Balaban J connectivity index is 1.12. The Morgan fingerprint density at radius 1 is 0.694 bits per heavy atom. The molecule has 0 aromatic carbocycles. The second kappa shape index (κ2) is 13.5. The molecule has 0 radical (unpaired) electrons. The summed E-state index contributed by atoms with van der Waals surface area (Å²) < 4.78 is 57.8. The lowest BCUT2D eigenvalue weighted by molar-refractivity contribution is -0.0821. The largest absolute Gasteiger partial charge is 0.412 e. The van der Waals surface area contributed by atoms with Crippen LogP contribution in [-0.2, 0) is 4.74 Å². The fourth-order valence-corrected chi connectivity index (χ4v) is 8.33. The smallest absolute Gasteiger partial charge is 0.378 e. The van der Waals surface area contributed by atoms with E-state index in [1.54, 1.807) is 0 Å². The highest BCUT2D eigenvalue weighted by molar-refractivity contribution is 5.03. The van der Waals surface area contributed by atoms with Gasteiger partial charge in [-0.2, -0.15) is 13.2 Å². The van der Waals surface area contributed by atoms with E-state index in [9.17, 15) is 17.6 Å². The summed E-state index contributed by atoms with van der Waals surface area (Å²) in [6.07, 6.45) is 17.4. The molecule has 2 atom stereocenters. The van der Waals surface area contributed by atoms with Gasteiger partial charge in [0.25, 0.3) is 0 Å². The standard InChI is InChI=1S/C31H50F4O/c1-2-3-4-5-22-6-19-30(36-21-22)28-17-13-26(14-18-28)24-9-7-23(8-10-24)25-11-15-27(16-12-25)29(32)20-31(33,34)35/h20,22-28,30H,2-19,21H2,1H3. The van der Waals surface area contributed by atoms with Crippen molar-refractivity contribution < 1.29 is 22.3 Å². The molecule has 3 saturated carbocycles. The molecule has 3 aliphatic carbocycles. The van der Waals surface area contributed by atoms with E-state index in [1.807, 2.05) is 0 Å². The minimum absolute atomic E-state index is 0.121. The minimum atomic E-state index is -4.54. The first kappa shape index (κ1) is 28.4. The van der Waals surface area contributed by atoms with Gasteiger partial charge in [-0.15, -0.1) is 0 Å². The summed E-state index contributed by atoms with van der Waals surface area (Å²) in [5, 5.41) is 0. The number of ether oxygens (including phenoxy) is 1. The van der Waals surface area contributed by atoms with Gasteiger partial charge in [0.2, 0.25) is 0 Å². The zero-order chi connectivity index (χ0) is 25.5. The van der Waals surface area contributed by atoms with Crippen LogP contribution in [0.15, 0.2) is 11.9 Å². The lowest BCUT2D eigenvalue weighted by Crippen LogP contribution is -2.36. The van der Waals surface area contributed by atoms with Gasteiger partial charge >= 0.3 is 6.18 Å². The van der Waals surface area contributed by atoms with E-state index in [1.165, 1.54) is 89.9 Å². The molecule has 36 heavy (non-hydrogen) atoms. The van der Waals surface area contributed by atoms with Crippen LogP contribution in [0.25, 0.3) is 0 Å². The van der Waals surface area contributed by atoms with Gasteiger partial charge in [0.15, 0.2) is 0 Å². The first-order valence-electron chi connectivity index (χ1n) is 15.4. The summed E-state index contributed by atoms with van der Waals surface area (Å²) in [7, 11) is 0. The van der Waals surface area contributed by atoms with Crippen molar-refractivity contribution in [1.82, 2.24) is 0 Å².